The molecule has 0 aromatic heterocycles. The van der Waals surface area contributed by atoms with Crippen LogP contribution in [-0.2, 0) is 14.4 Å². The minimum atomic E-state index is -0.101. The highest BCUT2D eigenvalue weighted by Gasteiger charge is 2.47. The summed E-state index contributed by atoms with van der Waals surface area (Å²) in [6.45, 7) is 1.93. The molecule has 0 bridgehead atoms. The zero-order chi connectivity index (χ0) is 14.8. The normalized spacial score (nSPS) is 29.7. The van der Waals surface area contributed by atoms with E-state index in [1.54, 1.807) is 0 Å². The molecule has 3 fully saturated rings. The number of carbonyl (C=O) groups is 3. The average molecular weight is 292 g/mol. The van der Waals surface area contributed by atoms with Crippen LogP contribution in [0.2, 0.25) is 0 Å². The van der Waals surface area contributed by atoms with E-state index < -0.39 is 0 Å². The molecule has 3 rings (SSSR count). The lowest BCUT2D eigenvalue weighted by atomic mass is 9.81. The minimum Gasteiger partial charge on any atom is -0.343 e. The monoisotopic (exact) mass is 292 g/mol. The Hall–Kier alpha value is -1.39. The first-order valence-corrected chi connectivity index (χ1v) is 8.31. The largest absolute Gasteiger partial charge is 0.343 e. The van der Waals surface area contributed by atoms with Crippen molar-refractivity contribution >= 4 is 17.7 Å². The third-order valence-corrected chi connectivity index (χ3v) is 5.19. The highest BCUT2D eigenvalue weighted by Crippen LogP contribution is 2.37. The summed E-state index contributed by atoms with van der Waals surface area (Å²) in [5.74, 6) is -0.176. The van der Waals surface area contributed by atoms with Crippen molar-refractivity contribution in [3.8, 4) is 0 Å². The second-order valence-electron chi connectivity index (χ2n) is 6.52. The van der Waals surface area contributed by atoms with Gasteiger partial charge in [0.15, 0.2) is 0 Å². The van der Waals surface area contributed by atoms with Gasteiger partial charge in [0.05, 0.1) is 11.8 Å². The zero-order valence-electron chi connectivity index (χ0n) is 12.6. The molecule has 1 aliphatic carbocycles. The van der Waals surface area contributed by atoms with Gasteiger partial charge in [0.25, 0.3) is 0 Å². The topological polar surface area (TPSA) is 57.7 Å². The number of amides is 3. The molecule has 2 unspecified atom stereocenters. The Morgan fingerprint density at radius 3 is 2.05 bits per heavy atom. The van der Waals surface area contributed by atoms with Gasteiger partial charge in [-0.05, 0) is 32.1 Å². The molecule has 116 valence electrons. The maximum Gasteiger partial charge on any atom is 0.233 e. The van der Waals surface area contributed by atoms with Gasteiger partial charge in [-0.1, -0.05) is 12.8 Å². The van der Waals surface area contributed by atoms with E-state index >= 15 is 0 Å². The van der Waals surface area contributed by atoms with Gasteiger partial charge in [0.1, 0.15) is 0 Å². The summed E-state index contributed by atoms with van der Waals surface area (Å²) in [5.41, 5.74) is 0. The quantitative estimate of drug-likeness (QED) is 0.742. The minimum absolute atomic E-state index is 0.0313. The van der Waals surface area contributed by atoms with Crippen molar-refractivity contribution in [1.82, 2.24) is 9.80 Å². The fraction of sp³-hybridized carbons (Fsp3) is 0.812. The van der Waals surface area contributed by atoms with E-state index in [1.807, 2.05) is 4.90 Å². The number of fused-ring (bicyclic) bond motifs is 1. The Kier molecular flexibility index (Phi) is 4.27. The van der Waals surface area contributed by atoms with Gasteiger partial charge >= 0.3 is 0 Å². The lowest BCUT2D eigenvalue weighted by Crippen LogP contribution is -2.39. The van der Waals surface area contributed by atoms with E-state index in [4.69, 9.17) is 0 Å². The first kappa shape index (κ1) is 14.5. The SMILES string of the molecule is O=C(CCN1C(=O)C2CCCCC2C1=O)N1CCCCC1. The van der Waals surface area contributed by atoms with E-state index in [0.29, 0.717) is 0 Å². The second kappa shape index (κ2) is 6.16. The van der Waals surface area contributed by atoms with Gasteiger partial charge in [-0.25, -0.2) is 0 Å². The van der Waals surface area contributed by atoms with Gasteiger partial charge in [-0.3, -0.25) is 19.3 Å². The van der Waals surface area contributed by atoms with Crippen LogP contribution in [0.3, 0.4) is 0 Å². The predicted molar refractivity (Wildman–Crippen MR) is 77.2 cm³/mol. The molecule has 0 radical (unpaired) electrons. The van der Waals surface area contributed by atoms with Gasteiger partial charge in [-0.15, -0.1) is 0 Å². The fourth-order valence-electron chi connectivity index (χ4n) is 3.96. The maximum absolute atomic E-state index is 12.3. The molecule has 5 heteroatoms. The molecule has 21 heavy (non-hydrogen) atoms. The molecule has 1 saturated carbocycles. The van der Waals surface area contributed by atoms with Crippen LogP contribution in [0.15, 0.2) is 0 Å². The van der Waals surface area contributed by atoms with E-state index in [1.165, 1.54) is 11.3 Å². The average Bonchev–Trinajstić information content (AvgIpc) is 2.78. The third kappa shape index (κ3) is 2.83. The van der Waals surface area contributed by atoms with Crippen molar-refractivity contribution < 1.29 is 14.4 Å². The number of hydrogen-bond acceptors (Lipinski definition) is 3. The molecule has 2 saturated heterocycles. The molecule has 2 atom stereocenters. The van der Waals surface area contributed by atoms with E-state index in [0.717, 1.165) is 51.6 Å². The molecule has 3 amide bonds. The number of rotatable bonds is 3. The Balaban J connectivity index is 1.56. The molecule has 0 aromatic rings. The molecular weight excluding hydrogens is 268 g/mol. The van der Waals surface area contributed by atoms with Crippen molar-refractivity contribution in [3.05, 3.63) is 0 Å². The number of nitrogens with zero attached hydrogens (tertiary/aromatic N) is 2. The molecule has 3 aliphatic rings. The van der Waals surface area contributed by atoms with Gasteiger partial charge in [0, 0.05) is 26.1 Å². The Morgan fingerprint density at radius 1 is 0.905 bits per heavy atom. The number of carbonyl (C=O) groups excluding carboxylic acids is 3. The lowest BCUT2D eigenvalue weighted by molar-refractivity contribution is -0.141. The van der Waals surface area contributed by atoms with Crippen molar-refractivity contribution in [2.24, 2.45) is 11.8 Å². The summed E-state index contributed by atoms with van der Waals surface area (Å²) >= 11 is 0. The number of likely N-dealkylation sites (tertiary alicyclic amines) is 2. The van der Waals surface area contributed by atoms with Crippen molar-refractivity contribution in [2.45, 2.75) is 51.4 Å². The zero-order valence-corrected chi connectivity index (χ0v) is 12.6. The van der Waals surface area contributed by atoms with Crippen LogP contribution in [0.25, 0.3) is 0 Å². The Labute approximate surface area is 125 Å². The van der Waals surface area contributed by atoms with Crippen molar-refractivity contribution in [1.29, 1.82) is 0 Å². The summed E-state index contributed by atoms with van der Waals surface area (Å²) in [5, 5.41) is 0. The Morgan fingerprint density at radius 2 is 1.48 bits per heavy atom. The summed E-state index contributed by atoms with van der Waals surface area (Å²) < 4.78 is 0. The van der Waals surface area contributed by atoms with Crippen LogP contribution >= 0.6 is 0 Å². The summed E-state index contributed by atoms with van der Waals surface area (Å²) in [4.78, 5) is 40.0. The first-order chi connectivity index (χ1) is 10.2. The van der Waals surface area contributed by atoms with Gasteiger partial charge in [-0.2, -0.15) is 0 Å². The van der Waals surface area contributed by atoms with Crippen LogP contribution in [0.5, 0.6) is 0 Å². The van der Waals surface area contributed by atoms with Crippen LogP contribution in [0, 0.1) is 11.8 Å². The number of piperidine rings is 1. The smallest absolute Gasteiger partial charge is 0.233 e. The summed E-state index contributed by atoms with van der Waals surface area (Å²) in [6, 6.07) is 0. The molecule has 0 N–H and O–H groups in total. The summed E-state index contributed by atoms with van der Waals surface area (Å²) in [7, 11) is 0. The summed E-state index contributed by atoms with van der Waals surface area (Å²) in [6.07, 6.45) is 7.38. The number of hydrogen-bond donors (Lipinski definition) is 0. The predicted octanol–water partition coefficient (Wildman–Crippen LogP) is 1.56. The molecule has 0 aromatic carbocycles. The molecule has 0 spiro atoms. The fourth-order valence-corrected chi connectivity index (χ4v) is 3.96. The second-order valence-corrected chi connectivity index (χ2v) is 6.52. The first-order valence-electron chi connectivity index (χ1n) is 8.31. The number of imide groups is 1. The van der Waals surface area contributed by atoms with Gasteiger partial charge in [0.2, 0.25) is 17.7 Å². The molecule has 2 heterocycles. The van der Waals surface area contributed by atoms with Crippen LogP contribution in [0.4, 0.5) is 0 Å². The molecule has 5 nitrogen and oxygen atoms in total. The molecule has 2 aliphatic heterocycles. The standard InChI is InChI=1S/C16H24N2O3/c19-14(17-9-4-1-5-10-17)8-11-18-15(20)12-6-2-3-7-13(12)16(18)21/h12-13H,1-11H2. The molecular formula is C16H24N2O3. The van der Waals surface area contributed by atoms with Crippen LogP contribution in [-0.4, -0.2) is 47.2 Å². The van der Waals surface area contributed by atoms with Crippen molar-refractivity contribution in [2.75, 3.05) is 19.6 Å². The lowest BCUT2D eigenvalue weighted by Gasteiger charge is -2.27. The van der Waals surface area contributed by atoms with E-state index in [2.05, 4.69) is 0 Å². The van der Waals surface area contributed by atoms with Crippen LogP contribution < -0.4 is 0 Å². The highest BCUT2D eigenvalue weighted by atomic mass is 16.2. The van der Waals surface area contributed by atoms with Crippen LogP contribution in [0.1, 0.15) is 51.4 Å². The highest BCUT2D eigenvalue weighted by molar-refractivity contribution is 6.05. The third-order valence-electron chi connectivity index (χ3n) is 5.19. The van der Waals surface area contributed by atoms with E-state index in [9.17, 15) is 14.4 Å². The van der Waals surface area contributed by atoms with Gasteiger partial charge < -0.3 is 4.90 Å². The van der Waals surface area contributed by atoms with E-state index in [-0.39, 0.29) is 42.5 Å². The van der Waals surface area contributed by atoms with Crippen molar-refractivity contribution in [3.63, 3.8) is 0 Å². The Bertz CT molecular complexity index is 419. The maximum atomic E-state index is 12.3.